The zero-order chi connectivity index (χ0) is 20.4. The van der Waals surface area contributed by atoms with Crippen LogP contribution in [0, 0.1) is 0 Å². The highest BCUT2D eigenvalue weighted by Gasteiger charge is 2.47. The highest BCUT2D eigenvalue weighted by molar-refractivity contribution is 7.10. The molecule has 4 aromatic rings. The van der Waals surface area contributed by atoms with E-state index in [1.165, 1.54) is 15.8 Å². The van der Waals surface area contributed by atoms with E-state index in [1.54, 1.807) is 25.6 Å². The topological polar surface area (TPSA) is 54.6 Å². The van der Waals surface area contributed by atoms with Crippen molar-refractivity contribution >= 4 is 28.1 Å². The van der Waals surface area contributed by atoms with Crippen LogP contribution in [0.1, 0.15) is 44.0 Å². The van der Waals surface area contributed by atoms with Crippen molar-refractivity contribution in [3.8, 4) is 11.5 Å². The van der Waals surface area contributed by atoms with Gasteiger partial charge in [0.05, 0.1) is 25.8 Å². The summed E-state index contributed by atoms with van der Waals surface area (Å²) in [6, 6.07) is 16.4. The van der Waals surface area contributed by atoms with E-state index in [2.05, 4.69) is 40.7 Å². The van der Waals surface area contributed by atoms with Gasteiger partial charge in [0.15, 0.2) is 11.5 Å². The Hall–Kier alpha value is -3.25. The molecule has 150 valence electrons. The summed E-state index contributed by atoms with van der Waals surface area (Å²) < 4.78 is 11.1. The monoisotopic (exact) mass is 416 g/mol. The van der Waals surface area contributed by atoms with Crippen molar-refractivity contribution in [2.75, 3.05) is 20.8 Å². The fraction of sp³-hybridized carbons (Fsp3) is 0.208. The standard InChI is InChI=1S/C24H20N2O3S/c1-28-17-10-9-14-20(23(17)29-2)24(27)26-12-15(18-8-5-11-30-18)19-13-6-3-4-7-16(13)25-21(19)22(14)26/h3-11,15,22,25H,12H2,1-2H3/t15-,22+/m1/s1. The zero-order valence-electron chi connectivity index (χ0n) is 16.6. The minimum absolute atomic E-state index is 0.00314. The maximum Gasteiger partial charge on any atom is 0.259 e. The maximum atomic E-state index is 13.6. The summed E-state index contributed by atoms with van der Waals surface area (Å²) in [5.74, 6) is 1.23. The van der Waals surface area contributed by atoms with E-state index in [4.69, 9.17) is 9.47 Å². The molecule has 6 rings (SSSR count). The first-order valence-corrected chi connectivity index (χ1v) is 10.8. The normalized spacial score (nSPS) is 19.5. The molecule has 2 aromatic carbocycles. The number of carbonyl (C=O) groups is 1. The number of nitrogens with zero attached hydrogens (tertiary/aromatic N) is 1. The second-order valence-corrected chi connectivity index (χ2v) is 8.67. The number of carbonyl (C=O) groups excluding carboxylic acids is 1. The van der Waals surface area contributed by atoms with Gasteiger partial charge in [0.1, 0.15) is 0 Å². The molecule has 4 heterocycles. The van der Waals surface area contributed by atoms with Crippen LogP contribution in [0.3, 0.4) is 0 Å². The Balaban J connectivity index is 1.64. The van der Waals surface area contributed by atoms with Crippen molar-refractivity contribution in [3.05, 3.63) is 81.2 Å². The van der Waals surface area contributed by atoms with Crippen LogP contribution in [-0.4, -0.2) is 36.6 Å². The number of fused-ring (bicyclic) bond motifs is 7. The molecule has 0 saturated carbocycles. The number of para-hydroxylation sites is 1. The number of ether oxygens (including phenoxy) is 2. The van der Waals surface area contributed by atoms with E-state index in [1.807, 2.05) is 23.1 Å². The molecule has 1 N–H and O–H groups in total. The minimum Gasteiger partial charge on any atom is -0.493 e. The average Bonchev–Trinajstić information content (AvgIpc) is 3.50. The first kappa shape index (κ1) is 17.6. The quantitative estimate of drug-likeness (QED) is 0.515. The third kappa shape index (κ3) is 2.20. The van der Waals surface area contributed by atoms with Crippen molar-refractivity contribution in [3.63, 3.8) is 0 Å². The molecule has 0 unspecified atom stereocenters. The Labute approximate surface area is 177 Å². The van der Waals surface area contributed by atoms with Crippen LogP contribution in [0.25, 0.3) is 10.9 Å². The third-order valence-corrected chi connectivity index (χ3v) is 7.31. The van der Waals surface area contributed by atoms with Crippen LogP contribution in [0.15, 0.2) is 53.9 Å². The molecule has 2 aliphatic rings. The number of thiophene rings is 1. The summed E-state index contributed by atoms with van der Waals surface area (Å²) in [5, 5.41) is 3.33. The van der Waals surface area contributed by atoms with Gasteiger partial charge in [0.25, 0.3) is 5.91 Å². The van der Waals surface area contributed by atoms with Gasteiger partial charge >= 0.3 is 0 Å². The Bertz CT molecular complexity index is 1290. The summed E-state index contributed by atoms with van der Waals surface area (Å²) in [5.41, 5.74) is 5.07. The van der Waals surface area contributed by atoms with E-state index in [0.29, 0.717) is 23.6 Å². The van der Waals surface area contributed by atoms with Crippen molar-refractivity contribution in [1.82, 2.24) is 9.88 Å². The summed E-state index contributed by atoms with van der Waals surface area (Å²) in [6.07, 6.45) is 0. The summed E-state index contributed by atoms with van der Waals surface area (Å²) in [4.78, 5) is 20.5. The molecule has 6 heteroatoms. The second-order valence-electron chi connectivity index (χ2n) is 7.69. The molecule has 2 aliphatic heterocycles. The molecule has 0 saturated heterocycles. The van der Waals surface area contributed by atoms with E-state index >= 15 is 0 Å². The molecule has 0 spiro atoms. The number of rotatable bonds is 3. The highest BCUT2D eigenvalue weighted by Crippen LogP contribution is 2.52. The molecule has 2 atom stereocenters. The largest absolute Gasteiger partial charge is 0.493 e. The van der Waals surface area contributed by atoms with Gasteiger partial charge in [-0.2, -0.15) is 0 Å². The van der Waals surface area contributed by atoms with Crippen molar-refractivity contribution in [2.24, 2.45) is 0 Å². The number of methoxy groups -OCH3 is 2. The van der Waals surface area contributed by atoms with Crippen LogP contribution in [0.5, 0.6) is 11.5 Å². The Morgan fingerprint density at radius 1 is 1.07 bits per heavy atom. The molecule has 30 heavy (non-hydrogen) atoms. The van der Waals surface area contributed by atoms with Gasteiger partial charge in [0, 0.05) is 33.9 Å². The number of hydrogen-bond donors (Lipinski definition) is 1. The molecule has 5 nitrogen and oxygen atoms in total. The lowest BCUT2D eigenvalue weighted by Gasteiger charge is -2.35. The second kappa shape index (κ2) is 6.37. The lowest BCUT2D eigenvalue weighted by atomic mass is 9.86. The molecular weight excluding hydrogens is 396 g/mol. The molecule has 0 radical (unpaired) electrons. The van der Waals surface area contributed by atoms with Crippen LogP contribution in [0.2, 0.25) is 0 Å². The first-order valence-electron chi connectivity index (χ1n) is 9.92. The van der Waals surface area contributed by atoms with E-state index in [9.17, 15) is 4.79 Å². The van der Waals surface area contributed by atoms with Gasteiger partial charge in [-0.1, -0.05) is 30.3 Å². The third-order valence-electron chi connectivity index (χ3n) is 6.32. The fourth-order valence-corrected chi connectivity index (χ4v) is 5.93. The van der Waals surface area contributed by atoms with Crippen molar-refractivity contribution in [1.29, 1.82) is 0 Å². The van der Waals surface area contributed by atoms with Gasteiger partial charge in [-0.25, -0.2) is 0 Å². The van der Waals surface area contributed by atoms with Crippen LogP contribution in [-0.2, 0) is 0 Å². The summed E-state index contributed by atoms with van der Waals surface area (Å²) in [7, 11) is 3.19. The predicted molar refractivity (Wildman–Crippen MR) is 117 cm³/mol. The zero-order valence-corrected chi connectivity index (χ0v) is 17.5. The highest BCUT2D eigenvalue weighted by atomic mass is 32.1. The lowest BCUT2D eigenvalue weighted by Crippen LogP contribution is -2.37. The molecule has 0 aliphatic carbocycles. The van der Waals surface area contributed by atoms with Crippen molar-refractivity contribution in [2.45, 2.75) is 12.0 Å². The average molecular weight is 417 g/mol. The predicted octanol–water partition coefficient (Wildman–Crippen LogP) is 4.94. The van der Waals surface area contributed by atoms with Gasteiger partial charge in [-0.15, -0.1) is 11.3 Å². The van der Waals surface area contributed by atoms with Gasteiger partial charge < -0.3 is 19.4 Å². The Kier molecular flexibility index (Phi) is 3.74. The number of aromatic nitrogens is 1. The minimum atomic E-state index is -0.147. The fourth-order valence-electron chi connectivity index (χ4n) is 5.10. The molecule has 0 fully saturated rings. The number of hydrogen-bond acceptors (Lipinski definition) is 4. The molecule has 1 amide bonds. The van der Waals surface area contributed by atoms with Gasteiger partial charge in [-0.3, -0.25) is 4.79 Å². The SMILES string of the molecule is COc1ccc2c(c1OC)C(=O)N1C[C@H](c3cccs3)c3c([nH]c4ccccc34)[C@H]21. The molecule has 0 bridgehead atoms. The van der Waals surface area contributed by atoms with Crippen LogP contribution in [0.4, 0.5) is 0 Å². The number of benzene rings is 2. The number of aromatic amines is 1. The number of nitrogens with one attached hydrogen (secondary N) is 1. The van der Waals surface area contributed by atoms with Crippen LogP contribution >= 0.6 is 11.3 Å². The molecular formula is C24H20N2O3S. The first-order chi connectivity index (χ1) is 14.7. The van der Waals surface area contributed by atoms with Crippen molar-refractivity contribution < 1.29 is 14.3 Å². The smallest absolute Gasteiger partial charge is 0.259 e. The van der Waals surface area contributed by atoms with Crippen LogP contribution < -0.4 is 9.47 Å². The number of H-pyrrole nitrogens is 1. The van der Waals surface area contributed by atoms with E-state index in [0.717, 1.165) is 16.8 Å². The van der Waals surface area contributed by atoms with Gasteiger partial charge in [0.2, 0.25) is 0 Å². The number of amides is 1. The lowest BCUT2D eigenvalue weighted by molar-refractivity contribution is 0.0725. The Morgan fingerprint density at radius 2 is 1.93 bits per heavy atom. The van der Waals surface area contributed by atoms with E-state index < -0.39 is 0 Å². The molecule has 2 aromatic heterocycles. The maximum absolute atomic E-state index is 13.6. The summed E-state index contributed by atoms with van der Waals surface area (Å²) in [6.45, 7) is 0.638. The summed E-state index contributed by atoms with van der Waals surface area (Å²) >= 11 is 1.74. The van der Waals surface area contributed by atoms with Gasteiger partial charge in [-0.05, 0) is 34.7 Å². The van der Waals surface area contributed by atoms with E-state index in [-0.39, 0.29) is 17.9 Å². The Morgan fingerprint density at radius 3 is 2.70 bits per heavy atom.